The molecule has 0 radical (unpaired) electrons. The highest BCUT2D eigenvalue weighted by Crippen LogP contribution is 2.38. The average molecular weight is 281 g/mol. The summed E-state index contributed by atoms with van der Waals surface area (Å²) in [5.41, 5.74) is -0.616. The molecule has 1 aromatic heterocycles. The lowest BCUT2D eigenvalue weighted by atomic mass is 9.98. The van der Waals surface area contributed by atoms with Crippen LogP contribution in [0.15, 0.2) is 12.3 Å². The average Bonchev–Trinajstić information content (AvgIpc) is 3.06. The number of carbonyl (C=O) groups is 1. The second-order valence-corrected chi connectivity index (χ2v) is 5.83. The molecule has 7 nitrogen and oxygen atoms in total. The lowest BCUT2D eigenvalue weighted by Crippen LogP contribution is -2.51. The van der Waals surface area contributed by atoms with E-state index in [1.807, 2.05) is 0 Å². The number of amides is 1. The summed E-state index contributed by atoms with van der Waals surface area (Å²) in [5.74, 6) is -0.407. The summed E-state index contributed by atoms with van der Waals surface area (Å²) in [6, 6.07) is 1.45. The molecule has 1 saturated carbocycles. The van der Waals surface area contributed by atoms with Gasteiger partial charge in [0.1, 0.15) is 5.69 Å². The Bertz CT molecular complexity index is 544. The highest BCUT2D eigenvalue weighted by molar-refractivity contribution is 5.94. The van der Waals surface area contributed by atoms with Crippen molar-refractivity contribution >= 4 is 11.6 Å². The molecule has 1 amide bonds. The molecular formula is C13H19N3O4. The van der Waals surface area contributed by atoms with Crippen LogP contribution in [0.1, 0.15) is 50.1 Å². The van der Waals surface area contributed by atoms with Gasteiger partial charge in [0.25, 0.3) is 11.6 Å². The molecule has 20 heavy (non-hydrogen) atoms. The number of hydrogen-bond donors (Lipinski definition) is 2. The number of rotatable bonds is 5. The SMILES string of the molecule is CC(O)C(C)(C)NC(=O)c1cc([N+](=O)[O-])cn1C1CC1. The molecule has 1 fully saturated rings. The molecule has 1 heterocycles. The quantitative estimate of drug-likeness (QED) is 0.633. The molecule has 1 aromatic rings. The van der Waals surface area contributed by atoms with Crippen LogP contribution in [0.25, 0.3) is 0 Å². The van der Waals surface area contributed by atoms with Crippen molar-refractivity contribution in [2.45, 2.75) is 51.3 Å². The predicted octanol–water partition coefficient (Wildman–Crippen LogP) is 1.62. The Morgan fingerprint density at radius 2 is 2.20 bits per heavy atom. The lowest BCUT2D eigenvalue weighted by Gasteiger charge is -2.29. The summed E-state index contributed by atoms with van der Waals surface area (Å²) < 4.78 is 1.66. The van der Waals surface area contributed by atoms with E-state index in [0.717, 1.165) is 12.8 Å². The highest BCUT2D eigenvalue weighted by atomic mass is 16.6. The van der Waals surface area contributed by atoms with Gasteiger partial charge in [-0.25, -0.2) is 0 Å². The zero-order chi connectivity index (χ0) is 15.1. The van der Waals surface area contributed by atoms with Crippen LogP contribution >= 0.6 is 0 Å². The fourth-order valence-corrected chi connectivity index (χ4v) is 1.86. The van der Waals surface area contributed by atoms with E-state index >= 15 is 0 Å². The van der Waals surface area contributed by atoms with E-state index in [1.165, 1.54) is 12.3 Å². The molecule has 0 bridgehead atoms. The molecule has 2 N–H and O–H groups in total. The second kappa shape index (κ2) is 4.90. The molecule has 2 rings (SSSR count). The van der Waals surface area contributed by atoms with Gasteiger partial charge in [0.15, 0.2) is 0 Å². The number of nitrogens with one attached hydrogen (secondary N) is 1. The molecular weight excluding hydrogens is 262 g/mol. The summed E-state index contributed by atoms with van der Waals surface area (Å²) in [7, 11) is 0. The van der Waals surface area contributed by atoms with Crippen LogP contribution in [0.5, 0.6) is 0 Å². The fraction of sp³-hybridized carbons (Fsp3) is 0.615. The van der Waals surface area contributed by atoms with E-state index < -0.39 is 22.5 Å². The van der Waals surface area contributed by atoms with Crippen molar-refractivity contribution in [2.75, 3.05) is 0 Å². The lowest BCUT2D eigenvalue weighted by molar-refractivity contribution is -0.384. The van der Waals surface area contributed by atoms with Crippen LogP contribution in [-0.4, -0.2) is 32.1 Å². The first-order chi connectivity index (χ1) is 9.22. The van der Waals surface area contributed by atoms with Crippen molar-refractivity contribution in [3.05, 3.63) is 28.1 Å². The minimum absolute atomic E-state index is 0.0862. The number of nitrogens with zero attached hydrogens (tertiary/aromatic N) is 2. The van der Waals surface area contributed by atoms with Crippen LogP contribution in [0.4, 0.5) is 5.69 Å². The first-order valence-electron chi connectivity index (χ1n) is 6.59. The van der Waals surface area contributed by atoms with Gasteiger partial charge in [-0.3, -0.25) is 14.9 Å². The minimum Gasteiger partial charge on any atom is -0.391 e. The molecule has 0 aromatic carbocycles. The third-order valence-corrected chi connectivity index (χ3v) is 3.70. The molecule has 1 aliphatic carbocycles. The maximum Gasteiger partial charge on any atom is 0.287 e. The molecule has 0 saturated heterocycles. The zero-order valence-electron chi connectivity index (χ0n) is 11.8. The number of aromatic nitrogens is 1. The first kappa shape index (κ1) is 14.5. The van der Waals surface area contributed by atoms with Crippen LogP contribution in [-0.2, 0) is 0 Å². The Morgan fingerprint density at radius 1 is 1.60 bits per heavy atom. The third kappa shape index (κ3) is 2.82. The molecule has 1 unspecified atom stereocenters. The predicted molar refractivity (Wildman–Crippen MR) is 72.6 cm³/mol. The maximum absolute atomic E-state index is 12.3. The normalized spacial score (nSPS) is 16.8. The standard InChI is InChI=1S/C13H19N3O4/c1-8(17)13(2,3)14-12(18)11-6-10(16(19)20)7-15(11)9-4-5-9/h6-9,17H,4-5H2,1-3H3,(H,14,18). The number of aliphatic hydroxyl groups excluding tert-OH is 1. The maximum atomic E-state index is 12.3. The van der Waals surface area contributed by atoms with E-state index in [4.69, 9.17) is 0 Å². The van der Waals surface area contributed by atoms with E-state index in [1.54, 1.807) is 25.3 Å². The molecule has 1 atom stereocenters. The summed E-state index contributed by atoms with van der Waals surface area (Å²) in [4.78, 5) is 22.6. The van der Waals surface area contributed by atoms with E-state index in [2.05, 4.69) is 5.32 Å². The Morgan fingerprint density at radius 3 is 2.65 bits per heavy atom. The number of carbonyl (C=O) groups excluding carboxylic acids is 1. The van der Waals surface area contributed by atoms with Crippen molar-refractivity contribution in [3.8, 4) is 0 Å². The molecule has 0 spiro atoms. The van der Waals surface area contributed by atoms with Gasteiger partial charge in [-0.1, -0.05) is 0 Å². The van der Waals surface area contributed by atoms with E-state index in [-0.39, 0.29) is 17.4 Å². The number of hydrogen-bond acceptors (Lipinski definition) is 4. The molecule has 1 aliphatic rings. The van der Waals surface area contributed by atoms with Gasteiger partial charge in [0.2, 0.25) is 0 Å². The van der Waals surface area contributed by atoms with Crippen LogP contribution in [0.3, 0.4) is 0 Å². The van der Waals surface area contributed by atoms with Gasteiger partial charge in [-0.15, -0.1) is 0 Å². The van der Waals surface area contributed by atoms with Crippen molar-refractivity contribution in [2.24, 2.45) is 0 Å². The first-order valence-corrected chi connectivity index (χ1v) is 6.59. The van der Waals surface area contributed by atoms with E-state index in [0.29, 0.717) is 0 Å². The Hall–Kier alpha value is -1.89. The van der Waals surface area contributed by atoms with Crippen molar-refractivity contribution in [3.63, 3.8) is 0 Å². The van der Waals surface area contributed by atoms with Crippen LogP contribution in [0.2, 0.25) is 0 Å². The molecule has 0 aliphatic heterocycles. The second-order valence-electron chi connectivity index (χ2n) is 5.83. The number of nitro groups is 1. The molecule has 110 valence electrons. The third-order valence-electron chi connectivity index (χ3n) is 3.70. The fourth-order valence-electron chi connectivity index (χ4n) is 1.86. The Labute approximate surface area is 116 Å². The Kier molecular flexibility index (Phi) is 3.56. The Balaban J connectivity index is 2.27. The summed E-state index contributed by atoms with van der Waals surface area (Å²) in [5, 5.41) is 23.2. The van der Waals surface area contributed by atoms with Gasteiger partial charge < -0.3 is 15.0 Å². The van der Waals surface area contributed by atoms with Gasteiger partial charge >= 0.3 is 0 Å². The summed E-state index contributed by atoms with van der Waals surface area (Å²) in [6.07, 6.45) is 2.52. The monoisotopic (exact) mass is 281 g/mol. The summed E-state index contributed by atoms with van der Waals surface area (Å²) in [6.45, 7) is 4.99. The van der Waals surface area contributed by atoms with Crippen molar-refractivity contribution < 1.29 is 14.8 Å². The van der Waals surface area contributed by atoms with Crippen LogP contribution in [0, 0.1) is 10.1 Å². The topological polar surface area (TPSA) is 97.4 Å². The van der Waals surface area contributed by atoms with Crippen LogP contribution < -0.4 is 5.32 Å². The van der Waals surface area contributed by atoms with Crippen molar-refractivity contribution in [1.82, 2.24) is 9.88 Å². The largest absolute Gasteiger partial charge is 0.391 e. The van der Waals surface area contributed by atoms with Gasteiger partial charge in [0, 0.05) is 12.1 Å². The van der Waals surface area contributed by atoms with Crippen molar-refractivity contribution in [1.29, 1.82) is 0 Å². The minimum atomic E-state index is -0.801. The number of aliphatic hydroxyl groups is 1. The highest BCUT2D eigenvalue weighted by Gasteiger charge is 2.33. The van der Waals surface area contributed by atoms with Gasteiger partial charge in [-0.2, -0.15) is 0 Å². The molecule has 7 heteroatoms. The van der Waals surface area contributed by atoms with Gasteiger partial charge in [0.05, 0.1) is 22.8 Å². The zero-order valence-corrected chi connectivity index (χ0v) is 11.8. The van der Waals surface area contributed by atoms with Gasteiger partial charge in [-0.05, 0) is 33.6 Å². The van der Waals surface area contributed by atoms with E-state index in [9.17, 15) is 20.0 Å². The summed E-state index contributed by atoms with van der Waals surface area (Å²) >= 11 is 0. The smallest absolute Gasteiger partial charge is 0.287 e.